The Morgan fingerprint density at radius 1 is 1.16 bits per heavy atom. The minimum Gasteiger partial charge on any atom is -0.483 e. The molecular formula is C20H20F4N2O5S. The zero-order valence-corrected chi connectivity index (χ0v) is 17.7. The highest BCUT2D eigenvalue weighted by Gasteiger charge is 2.34. The highest BCUT2D eigenvalue weighted by atomic mass is 32.2. The Kier molecular flexibility index (Phi) is 7.06. The van der Waals surface area contributed by atoms with Crippen molar-refractivity contribution in [1.29, 1.82) is 0 Å². The number of nitrogens with zero attached hydrogens (tertiary/aromatic N) is 1. The Morgan fingerprint density at radius 3 is 2.47 bits per heavy atom. The standard InChI is InChI=1S/C20H20F4N2O5S/c1-13-10-15(32(28,29)26-6-8-30-9-7-26)3-5-18(13)31-12-19(27)25-14-2-4-17(21)16(11-14)20(22,23)24/h2-5,10-11H,6-9,12H2,1H3,(H,25,27). The second-order valence-corrected chi connectivity index (χ2v) is 8.91. The Labute approximate surface area is 182 Å². The summed E-state index contributed by atoms with van der Waals surface area (Å²) in [4.78, 5) is 12.1. The number of amides is 1. The van der Waals surface area contributed by atoms with E-state index in [1.165, 1.54) is 22.5 Å². The Bertz CT molecular complexity index is 1100. The molecule has 3 rings (SSSR count). The predicted molar refractivity (Wildman–Crippen MR) is 106 cm³/mol. The molecule has 0 spiro atoms. The number of benzene rings is 2. The first-order valence-corrected chi connectivity index (χ1v) is 10.9. The maximum atomic E-state index is 13.3. The number of hydrogen-bond acceptors (Lipinski definition) is 5. The van der Waals surface area contributed by atoms with Crippen LogP contribution in [0.2, 0.25) is 0 Å². The third kappa shape index (κ3) is 5.56. The predicted octanol–water partition coefficient (Wildman–Crippen LogP) is 3.19. The van der Waals surface area contributed by atoms with Crippen LogP contribution in [0.15, 0.2) is 41.3 Å². The van der Waals surface area contributed by atoms with E-state index in [0.717, 1.165) is 6.07 Å². The van der Waals surface area contributed by atoms with Crippen LogP contribution in [-0.4, -0.2) is 51.5 Å². The molecule has 174 valence electrons. The molecule has 1 fully saturated rings. The van der Waals surface area contributed by atoms with Crippen molar-refractivity contribution in [3.63, 3.8) is 0 Å². The summed E-state index contributed by atoms with van der Waals surface area (Å²) >= 11 is 0. The van der Waals surface area contributed by atoms with E-state index in [9.17, 15) is 30.8 Å². The van der Waals surface area contributed by atoms with E-state index < -0.39 is 40.1 Å². The first-order chi connectivity index (χ1) is 15.0. The molecule has 0 aliphatic carbocycles. The number of alkyl halides is 3. The van der Waals surface area contributed by atoms with Crippen LogP contribution < -0.4 is 10.1 Å². The summed E-state index contributed by atoms with van der Waals surface area (Å²) in [5.41, 5.74) is -1.28. The molecule has 1 heterocycles. The average Bonchev–Trinajstić information content (AvgIpc) is 2.74. The van der Waals surface area contributed by atoms with Gasteiger partial charge < -0.3 is 14.8 Å². The molecule has 0 radical (unpaired) electrons. The quantitative estimate of drug-likeness (QED) is 0.648. The number of morpholine rings is 1. The molecule has 0 atom stereocenters. The van der Waals surface area contributed by atoms with Gasteiger partial charge in [-0.1, -0.05) is 0 Å². The third-order valence-electron chi connectivity index (χ3n) is 4.67. The molecule has 2 aromatic carbocycles. The first kappa shape index (κ1) is 24.0. The highest BCUT2D eigenvalue weighted by Crippen LogP contribution is 2.33. The first-order valence-electron chi connectivity index (χ1n) is 9.46. The topological polar surface area (TPSA) is 84.9 Å². The lowest BCUT2D eigenvalue weighted by atomic mass is 10.2. The number of aryl methyl sites for hydroxylation is 1. The average molecular weight is 476 g/mol. The fraction of sp³-hybridized carbons (Fsp3) is 0.350. The lowest BCUT2D eigenvalue weighted by molar-refractivity contribution is -0.140. The zero-order valence-electron chi connectivity index (χ0n) is 16.9. The molecule has 2 aromatic rings. The molecule has 0 unspecified atom stereocenters. The maximum absolute atomic E-state index is 13.3. The number of carbonyl (C=O) groups is 1. The van der Waals surface area contributed by atoms with Gasteiger partial charge in [0.2, 0.25) is 10.0 Å². The monoisotopic (exact) mass is 476 g/mol. The van der Waals surface area contributed by atoms with Gasteiger partial charge in [0.05, 0.1) is 23.7 Å². The van der Waals surface area contributed by atoms with Crippen molar-refractivity contribution in [3.05, 3.63) is 53.3 Å². The van der Waals surface area contributed by atoms with Crippen molar-refractivity contribution >= 4 is 21.6 Å². The smallest absolute Gasteiger partial charge is 0.419 e. The largest absolute Gasteiger partial charge is 0.483 e. The van der Waals surface area contributed by atoms with Gasteiger partial charge in [-0.05, 0) is 48.9 Å². The Morgan fingerprint density at radius 2 is 1.84 bits per heavy atom. The van der Waals surface area contributed by atoms with Crippen molar-refractivity contribution in [2.24, 2.45) is 0 Å². The number of nitrogens with one attached hydrogen (secondary N) is 1. The van der Waals surface area contributed by atoms with Gasteiger partial charge in [0.15, 0.2) is 6.61 Å². The number of halogens is 4. The number of sulfonamides is 1. The molecule has 1 N–H and O–H groups in total. The Hall–Kier alpha value is -2.70. The van der Waals surface area contributed by atoms with Crippen LogP contribution in [0.4, 0.5) is 23.2 Å². The molecule has 7 nitrogen and oxygen atoms in total. The zero-order chi connectivity index (χ0) is 23.5. The van der Waals surface area contributed by atoms with Gasteiger partial charge in [-0.3, -0.25) is 4.79 Å². The second kappa shape index (κ2) is 9.43. The molecular weight excluding hydrogens is 456 g/mol. The molecule has 1 aliphatic rings. The van der Waals surface area contributed by atoms with Crippen molar-refractivity contribution < 1.29 is 40.2 Å². The van der Waals surface area contributed by atoms with Gasteiger partial charge in [0.25, 0.3) is 5.91 Å². The van der Waals surface area contributed by atoms with Crippen LogP contribution in [0.5, 0.6) is 5.75 Å². The molecule has 0 saturated carbocycles. The number of ether oxygens (including phenoxy) is 2. The van der Waals surface area contributed by atoms with Crippen LogP contribution >= 0.6 is 0 Å². The van der Waals surface area contributed by atoms with E-state index in [1.54, 1.807) is 6.92 Å². The van der Waals surface area contributed by atoms with Crippen LogP contribution in [0, 0.1) is 12.7 Å². The van der Waals surface area contributed by atoms with E-state index in [2.05, 4.69) is 5.32 Å². The van der Waals surface area contributed by atoms with Crippen molar-refractivity contribution in [2.45, 2.75) is 18.0 Å². The van der Waals surface area contributed by atoms with E-state index >= 15 is 0 Å². The lowest BCUT2D eigenvalue weighted by Gasteiger charge is -2.26. The molecule has 1 amide bonds. The minimum absolute atomic E-state index is 0.0692. The van der Waals surface area contributed by atoms with Crippen LogP contribution in [0.1, 0.15) is 11.1 Å². The fourth-order valence-corrected chi connectivity index (χ4v) is 4.53. The van der Waals surface area contributed by atoms with Gasteiger partial charge in [-0.2, -0.15) is 17.5 Å². The second-order valence-electron chi connectivity index (χ2n) is 6.97. The van der Waals surface area contributed by atoms with Crippen molar-refractivity contribution in [2.75, 3.05) is 38.2 Å². The van der Waals surface area contributed by atoms with Gasteiger partial charge in [-0.25, -0.2) is 12.8 Å². The summed E-state index contributed by atoms with van der Waals surface area (Å²) in [5.74, 6) is -1.99. The summed E-state index contributed by atoms with van der Waals surface area (Å²) in [5, 5.41) is 2.20. The summed E-state index contributed by atoms with van der Waals surface area (Å²) in [6.45, 7) is 2.18. The molecule has 1 saturated heterocycles. The summed E-state index contributed by atoms with van der Waals surface area (Å²) in [6, 6.07) is 6.25. The van der Waals surface area contributed by atoms with E-state index in [-0.39, 0.29) is 29.4 Å². The summed E-state index contributed by atoms with van der Waals surface area (Å²) in [7, 11) is -3.70. The van der Waals surface area contributed by atoms with Gasteiger partial charge in [0, 0.05) is 18.8 Å². The van der Waals surface area contributed by atoms with Crippen LogP contribution in [0.25, 0.3) is 0 Å². The third-order valence-corrected chi connectivity index (χ3v) is 6.56. The molecule has 0 aromatic heterocycles. The number of anilines is 1. The SMILES string of the molecule is Cc1cc(S(=O)(=O)N2CCOCC2)ccc1OCC(=O)Nc1ccc(F)c(C(F)(F)F)c1. The van der Waals surface area contributed by atoms with Crippen molar-refractivity contribution in [1.82, 2.24) is 4.31 Å². The normalized spacial score (nSPS) is 15.4. The Balaban J connectivity index is 1.64. The number of rotatable bonds is 6. The van der Waals surface area contributed by atoms with Crippen LogP contribution in [0.3, 0.4) is 0 Å². The fourth-order valence-electron chi connectivity index (χ4n) is 3.04. The van der Waals surface area contributed by atoms with Gasteiger partial charge >= 0.3 is 6.18 Å². The number of hydrogen-bond donors (Lipinski definition) is 1. The summed E-state index contributed by atoms with van der Waals surface area (Å²) in [6.07, 6.45) is -4.90. The van der Waals surface area contributed by atoms with Crippen LogP contribution in [-0.2, 0) is 25.7 Å². The van der Waals surface area contributed by atoms with Gasteiger partial charge in [0.1, 0.15) is 11.6 Å². The highest BCUT2D eigenvalue weighted by molar-refractivity contribution is 7.89. The van der Waals surface area contributed by atoms with E-state index in [4.69, 9.17) is 9.47 Å². The van der Waals surface area contributed by atoms with Gasteiger partial charge in [-0.15, -0.1) is 0 Å². The van der Waals surface area contributed by atoms with E-state index in [0.29, 0.717) is 30.9 Å². The molecule has 0 bridgehead atoms. The maximum Gasteiger partial charge on any atom is 0.419 e. The molecule has 32 heavy (non-hydrogen) atoms. The van der Waals surface area contributed by atoms with Crippen molar-refractivity contribution in [3.8, 4) is 5.75 Å². The summed E-state index contributed by atoms with van der Waals surface area (Å²) < 4.78 is 88.9. The lowest BCUT2D eigenvalue weighted by Crippen LogP contribution is -2.40. The molecule has 12 heteroatoms. The molecule has 1 aliphatic heterocycles. The van der Waals surface area contributed by atoms with E-state index in [1.807, 2.05) is 0 Å². The number of carbonyl (C=O) groups excluding carboxylic acids is 1. The minimum atomic E-state index is -4.90.